The lowest BCUT2D eigenvalue weighted by Gasteiger charge is -2.29. The maximum absolute atomic E-state index is 12.7. The van der Waals surface area contributed by atoms with Crippen LogP contribution < -0.4 is 5.32 Å². The SMILES string of the molecule is CCN(C(=O)[C@H](C)Sc1ccc(NC(C)=O)cc1)[C@H]1CCS(=O)(=O)C1. The molecule has 1 aromatic carbocycles. The third-order valence-corrected chi connectivity index (χ3v) is 6.96. The average molecular weight is 385 g/mol. The molecule has 1 saturated heterocycles. The Morgan fingerprint density at radius 3 is 2.44 bits per heavy atom. The molecule has 1 aliphatic rings. The monoisotopic (exact) mass is 384 g/mol. The van der Waals surface area contributed by atoms with Crippen molar-refractivity contribution in [3.05, 3.63) is 24.3 Å². The molecule has 6 nitrogen and oxygen atoms in total. The summed E-state index contributed by atoms with van der Waals surface area (Å²) in [6, 6.07) is 7.09. The van der Waals surface area contributed by atoms with E-state index in [1.54, 1.807) is 17.0 Å². The van der Waals surface area contributed by atoms with Crippen molar-refractivity contribution in [3.8, 4) is 0 Å². The Morgan fingerprint density at radius 2 is 1.96 bits per heavy atom. The van der Waals surface area contributed by atoms with Crippen molar-refractivity contribution in [1.29, 1.82) is 0 Å². The second-order valence-electron chi connectivity index (χ2n) is 6.15. The number of carbonyl (C=O) groups is 2. The number of benzene rings is 1. The Kier molecular flexibility index (Phi) is 6.51. The Balaban J connectivity index is 2.00. The second-order valence-corrected chi connectivity index (χ2v) is 9.79. The van der Waals surface area contributed by atoms with Gasteiger partial charge in [0.25, 0.3) is 0 Å². The van der Waals surface area contributed by atoms with Crippen LogP contribution in [0.2, 0.25) is 0 Å². The quantitative estimate of drug-likeness (QED) is 0.760. The van der Waals surface area contributed by atoms with Crippen molar-refractivity contribution in [2.45, 2.75) is 43.4 Å². The van der Waals surface area contributed by atoms with Gasteiger partial charge in [-0.25, -0.2) is 8.42 Å². The maximum atomic E-state index is 12.7. The minimum atomic E-state index is -3.02. The Hall–Kier alpha value is -1.54. The first kappa shape index (κ1) is 19.8. The van der Waals surface area contributed by atoms with Crippen molar-refractivity contribution >= 4 is 39.1 Å². The van der Waals surface area contributed by atoms with E-state index in [1.807, 2.05) is 26.0 Å². The van der Waals surface area contributed by atoms with Crippen LogP contribution in [0.25, 0.3) is 0 Å². The van der Waals surface area contributed by atoms with Crippen molar-refractivity contribution in [3.63, 3.8) is 0 Å². The molecule has 1 aliphatic heterocycles. The van der Waals surface area contributed by atoms with E-state index in [0.29, 0.717) is 18.7 Å². The summed E-state index contributed by atoms with van der Waals surface area (Å²) in [7, 11) is -3.02. The van der Waals surface area contributed by atoms with Crippen LogP contribution in [0.5, 0.6) is 0 Å². The zero-order valence-corrected chi connectivity index (χ0v) is 16.3. The molecule has 1 aromatic rings. The highest BCUT2D eigenvalue weighted by Crippen LogP contribution is 2.27. The first-order valence-corrected chi connectivity index (χ1v) is 11.0. The van der Waals surface area contributed by atoms with Crippen molar-refractivity contribution < 1.29 is 18.0 Å². The summed E-state index contributed by atoms with van der Waals surface area (Å²) in [5, 5.41) is 2.39. The van der Waals surface area contributed by atoms with Gasteiger partial charge in [0, 0.05) is 30.1 Å². The highest BCUT2D eigenvalue weighted by molar-refractivity contribution is 8.00. The van der Waals surface area contributed by atoms with Crippen molar-refractivity contribution in [2.75, 3.05) is 23.4 Å². The van der Waals surface area contributed by atoms with E-state index in [4.69, 9.17) is 0 Å². The lowest BCUT2D eigenvalue weighted by molar-refractivity contribution is -0.131. The van der Waals surface area contributed by atoms with Crippen LogP contribution in [-0.2, 0) is 19.4 Å². The van der Waals surface area contributed by atoms with Gasteiger partial charge in [0.1, 0.15) is 0 Å². The molecule has 0 saturated carbocycles. The normalized spacial score (nSPS) is 20.0. The van der Waals surface area contributed by atoms with Crippen LogP contribution in [0.1, 0.15) is 27.2 Å². The number of hydrogen-bond donors (Lipinski definition) is 1. The van der Waals surface area contributed by atoms with Gasteiger partial charge in [-0.2, -0.15) is 0 Å². The van der Waals surface area contributed by atoms with Crippen LogP contribution in [0.3, 0.4) is 0 Å². The predicted octanol–water partition coefficient (Wildman–Crippen LogP) is 2.16. The number of hydrogen-bond acceptors (Lipinski definition) is 5. The van der Waals surface area contributed by atoms with Gasteiger partial charge < -0.3 is 10.2 Å². The number of nitrogens with one attached hydrogen (secondary N) is 1. The molecule has 138 valence electrons. The minimum absolute atomic E-state index is 0.0412. The number of amides is 2. The summed E-state index contributed by atoms with van der Waals surface area (Å²) in [6.45, 7) is 5.67. The van der Waals surface area contributed by atoms with E-state index in [0.717, 1.165) is 4.90 Å². The van der Waals surface area contributed by atoms with Gasteiger partial charge in [-0.3, -0.25) is 9.59 Å². The molecule has 0 aliphatic carbocycles. The van der Waals surface area contributed by atoms with Gasteiger partial charge in [-0.15, -0.1) is 11.8 Å². The molecule has 0 bridgehead atoms. The molecular weight excluding hydrogens is 360 g/mol. The van der Waals surface area contributed by atoms with Crippen molar-refractivity contribution in [2.24, 2.45) is 0 Å². The molecular formula is C17H24N2O4S2. The predicted molar refractivity (Wildman–Crippen MR) is 101 cm³/mol. The smallest absolute Gasteiger partial charge is 0.236 e. The molecule has 0 spiro atoms. The number of rotatable bonds is 6. The van der Waals surface area contributed by atoms with Crippen LogP contribution in [-0.4, -0.2) is 54.5 Å². The van der Waals surface area contributed by atoms with Gasteiger partial charge in [0.15, 0.2) is 9.84 Å². The van der Waals surface area contributed by atoms with Crippen LogP contribution in [0.4, 0.5) is 5.69 Å². The third kappa shape index (κ3) is 5.47. The standard InChI is InChI=1S/C17H24N2O4S2/c1-4-19(15-9-10-25(22,23)11-15)17(21)12(2)24-16-7-5-14(6-8-16)18-13(3)20/h5-8,12,15H,4,9-11H2,1-3H3,(H,18,20)/t12-,15-/m0/s1. The summed E-state index contributed by atoms with van der Waals surface area (Å²) in [6.07, 6.45) is 0.519. The molecule has 0 radical (unpaired) electrons. The lowest BCUT2D eigenvalue weighted by Crippen LogP contribution is -2.44. The van der Waals surface area contributed by atoms with Crippen LogP contribution >= 0.6 is 11.8 Å². The Morgan fingerprint density at radius 1 is 1.32 bits per heavy atom. The van der Waals surface area contributed by atoms with Gasteiger partial charge in [0.2, 0.25) is 11.8 Å². The summed E-state index contributed by atoms with van der Waals surface area (Å²) in [5.41, 5.74) is 0.710. The van der Waals surface area contributed by atoms with Gasteiger partial charge in [-0.05, 0) is 44.5 Å². The number of carbonyl (C=O) groups excluding carboxylic acids is 2. The average Bonchev–Trinajstić information content (AvgIpc) is 2.89. The van der Waals surface area contributed by atoms with Gasteiger partial charge in [-0.1, -0.05) is 0 Å². The number of thioether (sulfide) groups is 1. The second kappa shape index (κ2) is 8.23. The minimum Gasteiger partial charge on any atom is -0.338 e. The molecule has 2 atom stereocenters. The van der Waals surface area contributed by atoms with E-state index in [-0.39, 0.29) is 34.6 Å². The fourth-order valence-corrected chi connectivity index (χ4v) is 5.59. The zero-order valence-electron chi connectivity index (χ0n) is 14.7. The summed E-state index contributed by atoms with van der Waals surface area (Å²) >= 11 is 1.43. The highest BCUT2D eigenvalue weighted by Gasteiger charge is 2.35. The lowest BCUT2D eigenvalue weighted by atomic mass is 10.2. The molecule has 25 heavy (non-hydrogen) atoms. The molecule has 1 N–H and O–H groups in total. The molecule has 0 unspecified atom stereocenters. The highest BCUT2D eigenvalue weighted by atomic mass is 32.2. The maximum Gasteiger partial charge on any atom is 0.236 e. The van der Waals surface area contributed by atoms with E-state index >= 15 is 0 Å². The topological polar surface area (TPSA) is 83.6 Å². The first-order valence-electron chi connectivity index (χ1n) is 8.27. The van der Waals surface area contributed by atoms with Gasteiger partial charge in [0.05, 0.1) is 16.8 Å². The fourth-order valence-electron chi connectivity index (χ4n) is 2.92. The van der Waals surface area contributed by atoms with E-state index in [9.17, 15) is 18.0 Å². The molecule has 2 amide bonds. The first-order chi connectivity index (χ1) is 11.7. The summed E-state index contributed by atoms with van der Waals surface area (Å²) in [5.74, 6) is 0.0535. The van der Waals surface area contributed by atoms with E-state index in [2.05, 4.69) is 5.32 Å². The van der Waals surface area contributed by atoms with E-state index in [1.165, 1.54) is 18.7 Å². The Labute approximate surface area is 153 Å². The Bertz CT molecular complexity index is 732. The van der Waals surface area contributed by atoms with E-state index < -0.39 is 9.84 Å². The third-order valence-electron chi connectivity index (χ3n) is 4.11. The number of sulfone groups is 1. The zero-order chi connectivity index (χ0) is 18.6. The number of nitrogens with zero attached hydrogens (tertiary/aromatic N) is 1. The molecule has 8 heteroatoms. The fraction of sp³-hybridized carbons (Fsp3) is 0.529. The molecule has 1 fully saturated rings. The largest absolute Gasteiger partial charge is 0.338 e. The van der Waals surface area contributed by atoms with Crippen molar-refractivity contribution in [1.82, 2.24) is 4.90 Å². The van der Waals surface area contributed by atoms with Crippen LogP contribution in [0.15, 0.2) is 29.2 Å². The molecule has 1 heterocycles. The number of anilines is 1. The molecule has 0 aromatic heterocycles. The van der Waals surface area contributed by atoms with Crippen LogP contribution in [0, 0.1) is 0 Å². The summed E-state index contributed by atoms with van der Waals surface area (Å²) < 4.78 is 23.4. The van der Waals surface area contributed by atoms with Gasteiger partial charge >= 0.3 is 0 Å². The molecule has 2 rings (SSSR count). The summed E-state index contributed by atoms with van der Waals surface area (Å²) in [4.78, 5) is 26.4.